The van der Waals surface area contributed by atoms with Gasteiger partial charge < -0.3 is 15.4 Å². The second-order valence-electron chi connectivity index (χ2n) is 5.20. The molecule has 4 heteroatoms. The summed E-state index contributed by atoms with van der Waals surface area (Å²) in [7, 11) is 0. The molecule has 98 valence electrons. The normalized spacial score (nSPS) is 26.7. The van der Waals surface area contributed by atoms with Gasteiger partial charge >= 0.3 is 0 Å². The van der Waals surface area contributed by atoms with Gasteiger partial charge in [-0.05, 0) is 25.7 Å². The topological polar surface area (TPSA) is 50.4 Å². The van der Waals surface area contributed by atoms with Crippen molar-refractivity contribution >= 4 is 5.91 Å². The molecule has 0 aromatic heterocycles. The van der Waals surface area contributed by atoms with Crippen LogP contribution < -0.4 is 10.6 Å². The lowest BCUT2D eigenvalue weighted by Crippen LogP contribution is -2.45. The van der Waals surface area contributed by atoms with Gasteiger partial charge in [0.2, 0.25) is 5.91 Å². The molecule has 2 N–H and O–H groups in total. The molecule has 1 atom stereocenters. The third-order valence-electron chi connectivity index (χ3n) is 3.68. The summed E-state index contributed by atoms with van der Waals surface area (Å²) in [5.74, 6) is 0.141. The van der Waals surface area contributed by atoms with E-state index in [9.17, 15) is 4.79 Å². The lowest BCUT2D eigenvalue weighted by atomic mass is 9.95. The Bertz CT molecular complexity index is 234. The summed E-state index contributed by atoms with van der Waals surface area (Å²) in [4.78, 5) is 11.7. The first-order chi connectivity index (χ1) is 8.34. The summed E-state index contributed by atoms with van der Waals surface area (Å²) in [5.41, 5.74) is 0. The SMILES string of the molecule is O=C(CNC1CCCOC1)NC1CCCCC1. The quantitative estimate of drug-likeness (QED) is 0.776. The van der Waals surface area contributed by atoms with E-state index in [1.807, 2.05) is 0 Å². The molecular weight excluding hydrogens is 216 g/mol. The number of hydrogen-bond donors (Lipinski definition) is 2. The molecule has 2 aliphatic rings. The molecule has 1 saturated heterocycles. The predicted octanol–water partition coefficient (Wildman–Crippen LogP) is 1.20. The number of rotatable bonds is 4. The monoisotopic (exact) mass is 240 g/mol. The number of amides is 1. The van der Waals surface area contributed by atoms with Crippen LogP contribution in [-0.2, 0) is 9.53 Å². The molecule has 1 heterocycles. The summed E-state index contributed by atoms with van der Waals surface area (Å²) in [6.45, 7) is 2.05. The third kappa shape index (κ3) is 4.64. The van der Waals surface area contributed by atoms with E-state index in [1.54, 1.807) is 0 Å². The molecule has 1 saturated carbocycles. The van der Waals surface area contributed by atoms with E-state index < -0.39 is 0 Å². The Hall–Kier alpha value is -0.610. The van der Waals surface area contributed by atoms with Crippen LogP contribution in [0.15, 0.2) is 0 Å². The van der Waals surface area contributed by atoms with Gasteiger partial charge in [0.15, 0.2) is 0 Å². The number of carbonyl (C=O) groups excluding carboxylic acids is 1. The van der Waals surface area contributed by atoms with Crippen molar-refractivity contribution in [1.82, 2.24) is 10.6 Å². The fraction of sp³-hybridized carbons (Fsp3) is 0.923. The first-order valence-electron chi connectivity index (χ1n) is 6.95. The fourth-order valence-electron chi connectivity index (χ4n) is 2.66. The molecule has 1 aliphatic heterocycles. The molecule has 4 nitrogen and oxygen atoms in total. The van der Waals surface area contributed by atoms with Gasteiger partial charge in [-0.25, -0.2) is 0 Å². The van der Waals surface area contributed by atoms with Gasteiger partial charge in [-0.15, -0.1) is 0 Å². The lowest BCUT2D eigenvalue weighted by Gasteiger charge is -2.25. The zero-order valence-corrected chi connectivity index (χ0v) is 10.5. The van der Waals surface area contributed by atoms with Gasteiger partial charge in [0.05, 0.1) is 13.2 Å². The lowest BCUT2D eigenvalue weighted by molar-refractivity contribution is -0.121. The minimum atomic E-state index is 0.141. The Morgan fingerprint density at radius 3 is 2.53 bits per heavy atom. The van der Waals surface area contributed by atoms with E-state index in [4.69, 9.17) is 4.74 Å². The average Bonchev–Trinajstić information content (AvgIpc) is 2.39. The molecule has 1 amide bonds. The number of carbonyl (C=O) groups is 1. The molecule has 1 unspecified atom stereocenters. The van der Waals surface area contributed by atoms with Crippen LogP contribution in [0.4, 0.5) is 0 Å². The second kappa shape index (κ2) is 6.97. The second-order valence-corrected chi connectivity index (χ2v) is 5.20. The van der Waals surface area contributed by atoms with Gasteiger partial charge in [0.1, 0.15) is 0 Å². The molecular formula is C13H24N2O2. The summed E-state index contributed by atoms with van der Waals surface area (Å²) in [6, 6.07) is 0.779. The van der Waals surface area contributed by atoms with Crippen LogP contribution in [0.25, 0.3) is 0 Å². The highest BCUT2D eigenvalue weighted by atomic mass is 16.5. The fourth-order valence-corrected chi connectivity index (χ4v) is 2.66. The van der Waals surface area contributed by atoms with Crippen molar-refractivity contribution in [2.75, 3.05) is 19.8 Å². The van der Waals surface area contributed by atoms with Crippen molar-refractivity contribution in [3.8, 4) is 0 Å². The predicted molar refractivity (Wildman–Crippen MR) is 66.9 cm³/mol. The van der Waals surface area contributed by atoms with Crippen LogP contribution in [-0.4, -0.2) is 37.7 Å². The van der Waals surface area contributed by atoms with Crippen molar-refractivity contribution in [2.45, 2.75) is 57.0 Å². The van der Waals surface area contributed by atoms with Crippen LogP contribution in [0.5, 0.6) is 0 Å². The van der Waals surface area contributed by atoms with Crippen LogP contribution in [0.1, 0.15) is 44.9 Å². The Balaban J connectivity index is 1.59. The maximum Gasteiger partial charge on any atom is 0.234 e. The molecule has 0 bridgehead atoms. The van der Waals surface area contributed by atoms with Crippen molar-refractivity contribution < 1.29 is 9.53 Å². The zero-order chi connectivity index (χ0) is 11.9. The third-order valence-corrected chi connectivity index (χ3v) is 3.68. The highest BCUT2D eigenvalue weighted by molar-refractivity contribution is 5.78. The van der Waals surface area contributed by atoms with Gasteiger partial charge in [-0.3, -0.25) is 4.79 Å². The van der Waals surface area contributed by atoms with E-state index in [0.717, 1.165) is 38.9 Å². The Kier molecular flexibility index (Phi) is 5.26. The molecule has 0 aromatic carbocycles. The van der Waals surface area contributed by atoms with Gasteiger partial charge in [0, 0.05) is 18.7 Å². The van der Waals surface area contributed by atoms with Crippen LogP contribution in [0.3, 0.4) is 0 Å². The minimum Gasteiger partial charge on any atom is -0.380 e. The smallest absolute Gasteiger partial charge is 0.234 e. The van der Waals surface area contributed by atoms with Crippen molar-refractivity contribution in [1.29, 1.82) is 0 Å². The standard InChI is InChI=1S/C13H24N2O2/c16-13(15-11-5-2-1-3-6-11)9-14-12-7-4-8-17-10-12/h11-12,14H,1-10H2,(H,15,16). The van der Waals surface area contributed by atoms with Crippen molar-refractivity contribution in [3.63, 3.8) is 0 Å². The summed E-state index contributed by atoms with van der Waals surface area (Å²) < 4.78 is 5.37. The van der Waals surface area contributed by atoms with Gasteiger partial charge in [-0.1, -0.05) is 19.3 Å². The van der Waals surface area contributed by atoms with Crippen molar-refractivity contribution in [2.24, 2.45) is 0 Å². The summed E-state index contributed by atoms with van der Waals surface area (Å²) in [5, 5.41) is 6.39. The minimum absolute atomic E-state index is 0.141. The Labute approximate surface area is 103 Å². The molecule has 1 aliphatic carbocycles. The van der Waals surface area contributed by atoms with Crippen molar-refractivity contribution in [3.05, 3.63) is 0 Å². The summed E-state index contributed by atoms with van der Waals surface area (Å²) in [6.07, 6.45) is 8.36. The van der Waals surface area contributed by atoms with Crippen LogP contribution >= 0.6 is 0 Å². The molecule has 0 radical (unpaired) electrons. The molecule has 2 fully saturated rings. The van der Waals surface area contributed by atoms with Crippen LogP contribution in [0.2, 0.25) is 0 Å². The first-order valence-corrected chi connectivity index (χ1v) is 6.95. The van der Waals surface area contributed by atoms with E-state index in [0.29, 0.717) is 18.6 Å². The van der Waals surface area contributed by atoms with E-state index in [1.165, 1.54) is 19.3 Å². The maximum atomic E-state index is 11.7. The largest absolute Gasteiger partial charge is 0.380 e. The Morgan fingerprint density at radius 2 is 1.82 bits per heavy atom. The van der Waals surface area contributed by atoms with Gasteiger partial charge in [-0.2, -0.15) is 0 Å². The maximum absolute atomic E-state index is 11.7. The molecule has 0 aromatic rings. The van der Waals surface area contributed by atoms with Gasteiger partial charge in [0.25, 0.3) is 0 Å². The first kappa shape index (κ1) is 12.8. The van der Waals surface area contributed by atoms with E-state index >= 15 is 0 Å². The highest BCUT2D eigenvalue weighted by Gasteiger charge is 2.17. The van der Waals surface area contributed by atoms with E-state index in [2.05, 4.69) is 10.6 Å². The summed E-state index contributed by atoms with van der Waals surface area (Å²) >= 11 is 0. The van der Waals surface area contributed by atoms with Crippen LogP contribution in [0, 0.1) is 0 Å². The average molecular weight is 240 g/mol. The molecule has 2 rings (SSSR count). The highest BCUT2D eigenvalue weighted by Crippen LogP contribution is 2.17. The van der Waals surface area contributed by atoms with E-state index in [-0.39, 0.29) is 5.91 Å². The number of nitrogens with one attached hydrogen (secondary N) is 2. The number of ether oxygens (including phenoxy) is 1. The molecule has 17 heavy (non-hydrogen) atoms. The molecule has 0 spiro atoms. The Morgan fingerprint density at radius 1 is 1.06 bits per heavy atom. The number of hydrogen-bond acceptors (Lipinski definition) is 3. The zero-order valence-electron chi connectivity index (χ0n) is 10.5.